The lowest BCUT2D eigenvalue weighted by atomic mass is 9.82. The van der Waals surface area contributed by atoms with Gasteiger partial charge in [0.05, 0.1) is 31.2 Å². The third-order valence-corrected chi connectivity index (χ3v) is 6.08. The summed E-state index contributed by atoms with van der Waals surface area (Å²) in [6.45, 7) is 2.44. The van der Waals surface area contributed by atoms with E-state index in [9.17, 15) is 4.79 Å². The molecule has 0 bridgehead atoms. The normalized spacial score (nSPS) is 29.5. The third kappa shape index (κ3) is 2.78. The van der Waals surface area contributed by atoms with Crippen LogP contribution in [0.3, 0.4) is 0 Å². The van der Waals surface area contributed by atoms with Gasteiger partial charge in [0.2, 0.25) is 5.91 Å². The Balaban J connectivity index is 1.29. The number of fused-ring (bicyclic) bond motifs is 1. The van der Waals surface area contributed by atoms with E-state index < -0.39 is 0 Å². The van der Waals surface area contributed by atoms with Crippen LogP contribution in [0.1, 0.15) is 44.9 Å². The molecule has 0 radical (unpaired) electrons. The van der Waals surface area contributed by atoms with Crippen molar-refractivity contribution in [3.63, 3.8) is 0 Å². The maximum atomic E-state index is 12.3. The van der Waals surface area contributed by atoms with Crippen molar-refractivity contribution < 1.29 is 9.53 Å². The zero-order valence-corrected chi connectivity index (χ0v) is 13.7. The Kier molecular flexibility index (Phi) is 3.90. The Bertz CT molecular complexity index is 525. The highest BCUT2D eigenvalue weighted by Crippen LogP contribution is 2.39. The first kappa shape index (κ1) is 14.6. The van der Waals surface area contributed by atoms with Gasteiger partial charge in [-0.05, 0) is 24.7 Å². The van der Waals surface area contributed by atoms with Crippen molar-refractivity contribution in [2.45, 2.75) is 56.6 Å². The molecule has 5 nitrogen and oxygen atoms in total. The highest BCUT2D eigenvalue weighted by atomic mass is 32.2. The van der Waals surface area contributed by atoms with Crippen molar-refractivity contribution in [3.8, 4) is 0 Å². The minimum Gasteiger partial charge on any atom is -0.373 e. The van der Waals surface area contributed by atoms with E-state index in [0.717, 1.165) is 43.2 Å². The molecular weight excluding hydrogens is 298 g/mol. The molecule has 1 atom stereocenters. The quantitative estimate of drug-likeness (QED) is 0.866. The molecule has 22 heavy (non-hydrogen) atoms. The summed E-state index contributed by atoms with van der Waals surface area (Å²) < 4.78 is 6.07. The van der Waals surface area contributed by atoms with Gasteiger partial charge in [-0.15, -0.1) is 0 Å². The lowest BCUT2D eigenvalue weighted by Gasteiger charge is -2.32. The number of thioether (sulfide) groups is 1. The molecule has 3 aliphatic heterocycles. The summed E-state index contributed by atoms with van der Waals surface area (Å²) in [5, 5.41) is 6.29. The van der Waals surface area contributed by atoms with Crippen LogP contribution in [0.4, 0.5) is 0 Å². The molecule has 4 rings (SSSR count). The monoisotopic (exact) mass is 321 g/mol. The van der Waals surface area contributed by atoms with E-state index in [0.29, 0.717) is 13.0 Å². The van der Waals surface area contributed by atoms with Crippen molar-refractivity contribution in [1.82, 2.24) is 10.2 Å². The third-order valence-electron chi connectivity index (χ3n) is 5.13. The minimum absolute atomic E-state index is 0.0630. The Morgan fingerprint density at radius 2 is 2.32 bits per heavy atom. The van der Waals surface area contributed by atoms with E-state index in [-0.39, 0.29) is 17.6 Å². The fraction of sp³-hybridized carbons (Fsp3) is 0.750. The van der Waals surface area contributed by atoms with Crippen molar-refractivity contribution in [2.75, 3.05) is 19.7 Å². The van der Waals surface area contributed by atoms with E-state index in [4.69, 9.17) is 4.74 Å². The second-order valence-electron chi connectivity index (χ2n) is 6.74. The molecule has 1 N–H and O–H groups in total. The molecule has 1 aliphatic carbocycles. The highest BCUT2D eigenvalue weighted by molar-refractivity contribution is 8.16. The van der Waals surface area contributed by atoms with Gasteiger partial charge in [0, 0.05) is 12.2 Å². The van der Waals surface area contributed by atoms with Gasteiger partial charge in [-0.2, -0.15) is 0 Å². The zero-order chi connectivity index (χ0) is 15.0. The number of ether oxygens (including phenoxy) is 1. The Labute approximate surface area is 135 Å². The number of carbonyl (C=O) groups excluding carboxylic acids is 1. The molecule has 3 heterocycles. The molecule has 0 aromatic rings. The van der Waals surface area contributed by atoms with Gasteiger partial charge in [-0.25, -0.2) is 0 Å². The molecular formula is C16H23N3O2S. The molecule has 6 heteroatoms. The average molecular weight is 321 g/mol. The van der Waals surface area contributed by atoms with Crippen LogP contribution >= 0.6 is 11.8 Å². The van der Waals surface area contributed by atoms with E-state index in [1.165, 1.54) is 19.3 Å². The van der Waals surface area contributed by atoms with Crippen LogP contribution in [0.2, 0.25) is 0 Å². The molecule has 0 unspecified atom stereocenters. The number of nitrogens with one attached hydrogen (secondary N) is 1. The lowest BCUT2D eigenvalue weighted by Crippen LogP contribution is -2.38. The maximum absolute atomic E-state index is 12.3. The lowest BCUT2D eigenvalue weighted by molar-refractivity contribution is -0.121. The standard InChI is InChI=1S/C16H23N3O2S/c20-14(8-13-11-22-15-17-6-7-19(13)15)18-12-9-16(21-10-12)4-2-1-3-5-16/h11-12H,1-10H2,(H,18,20)/t12-/m1/s1. The van der Waals surface area contributed by atoms with Crippen LogP contribution < -0.4 is 5.32 Å². The van der Waals surface area contributed by atoms with Crippen molar-refractivity contribution in [2.24, 2.45) is 4.99 Å². The first-order valence-electron chi connectivity index (χ1n) is 8.35. The number of carbonyl (C=O) groups is 1. The summed E-state index contributed by atoms with van der Waals surface area (Å²) in [7, 11) is 0. The first-order valence-corrected chi connectivity index (χ1v) is 9.23. The summed E-state index contributed by atoms with van der Waals surface area (Å²) in [4.78, 5) is 18.9. The van der Waals surface area contributed by atoms with Gasteiger partial charge in [0.1, 0.15) is 0 Å². The van der Waals surface area contributed by atoms with Gasteiger partial charge in [-0.1, -0.05) is 31.0 Å². The molecule has 120 valence electrons. The average Bonchev–Trinajstić information content (AvgIpc) is 3.19. The summed E-state index contributed by atoms with van der Waals surface area (Å²) in [6, 6.07) is 0.187. The van der Waals surface area contributed by atoms with Gasteiger partial charge in [0.15, 0.2) is 5.17 Å². The number of aliphatic imine (C=N–C) groups is 1. The van der Waals surface area contributed by atoms with E-state index in [1.54, 1.807) is 11.8 Å². The Morgan fingerprint density at radius 1 is 1.45 bits per heavy atom. The predicted octanol–water partition coefficient (Wildman–Crippen LogP) is 2.24. The van der Waals surface area contributed by atoms with Gasteiger partial charge < -0.3 is 15.0 Å². The predicted molar refractivity (Wildman–Crippen MR) is 87.6 cm³/mol. The highest BCUT2D eigenvalue weighted by Gasteiger charge is 2.41. The molecule has 1 saturated heterocycles. The summed E-state index contributed by atoms with van der Waals surface area (Å²) in [5.74, 6) is 0.112. The largest absolute Gasteiger partial charge is 0.373 e. The molecule has 1 saturated carbocycles. The fourth-order valence-electron chi connectivity index (χ4n) is 4.04. The van der Waals surface area contributed by atoms with Crippen LogP contribution in [0.15, 0.2) is 16.1 Å². The minimum atomic E-state index is 0.0630. The molecule has 2 fully saturated rings. The number of amides is 1. The molecule has 0 aromatic carbocycles. The van der Waals surface area contributed by atoms with Crippen molar-refractivity contribution in [3.05, 3.63) is 11.1 Å². The number of amidine groups is 1. The van der Waals surface area contributed by atoms with Gasteiger partial charge >= 0.3 is 0 Å². The second kappa shape index (κ2) is 5.89. The van der Waals surface area contributed by atoms with Crippen LogP contribution in [-0.2, 0) is 9.53 Å². The topological polar surface area (TPSA) is 53.9 Å². The number of hydrogen-bond acceptors (Lipinski definition) is 5. The van der Waals surface area contributed by atoms with E-state index in [1.807, 2.05) is 0 Å². The summed E-state index contributed by atoms with van der Waals surface area (Å²) in [6.07, 6.45) is 7.62. The number of rotatable bonds is 3. The first-order chi connectivity index (χ1) is 10.7. The fourth-order valence-corrected chi connectivity index (χ4v) is 4.99. The van der Waals surface area contributed by atoms with Crippen molar-refractivity contribution in [1.29, 1.82) is 0 Å². The Hall–Kier alpha value is -1.01. The maximum Gasteiger partial charge on any atom is 0.226 e. The van der Waals surface area contributed by atoms with Gasteiger partial charge in [-0.3, -0.25) is 9.79 Å². The number of nitrogens with zero attached hydrogens (tertiary/aromatic N) is 2. The van der Waals surface area contributed by atoms with Crippen molar-refractivity contribution >= 4 is 22.8 Å². The van der Waals surface area contributed by atoms with Crippen LogP contribution in [0, 0.1) is 0 Å². The summed E-state index contributed by atoms with van der Waals surface area (Å²) >= 11 is 1.63. The van der Waals surface area contributed by atoms with Crippen LogP contribution in [0.5, 0.6) is 0 Å². The second-order valence-corrected chi connectivity index (χ2v) is 7.58. The SMILES string of the molecule is O=C(CC1=CSC2=NCCN12)N[C@H]1COC2(CCCCC2)C1. The molecule has 4 aliphatic rings. The van der Waals surface area contributed by atoms with E-state index in [2.05, 4.69) is 20.6 Å². The Morgan fingerprint density at radius 3 is 3.18 bits per heavy atom. The van der Waals surface area contributed by atoms with E-state index >= 15 is 0 Å². The molecule has 1 spiro atoms. The smallest absolute Gasteiger partial charge is 0.226 e. The molecule has 1 amide bonds. The summed E-state index contributed by atoms with van der Waals surface area (Å²) in [5.41, 5.74) is 1.15. The van der Waals surface area contributed by atoms with Crippen LogP contribution in [0.25, 0.3) is 0 Å². The zero-order valence-electron chi connectivity index (χ0n) is 12.8. The number of hydrogen-bond donors (Lipinski definition) is 1. The van der Waals surface area contributed by atoms with Crippen LogP contribution in [-0.4, -0.2) is 47.3 Å². The molecule has 0 aromatic heterocycles. The van der Waals surface area contributed by atoms with Gasteiger partial charge in [0.25, 0.3) is 0 Å².